The Labute approximate surface area is 98.2 Å². The van der Waals surface area contributed by atoms with Gasteiger partial charge in [0.2, 0.25) is 5.91 Å². The molecule has 6 nitrogen and oxygen atoms in total. The Morgan fingerprint density at radius 3 is 3.06 bits per heavy atom. The van der Waals surface area contributed by atoms with Gasteiger partial charge in [-0.1, -0.05) is 5.16 Å². The molecule has 1 saturated heterocycles. The smallest absolute Gasteiger partial charge is 0.308 e. The van der Waals surface area contributed by atoms with Crippen molar-refractivity contribution in [2.24, 2.45) is 5.92 Å². The quantitative estimate of drug-likeness (QED) is 0.830. The van der Waals surface area contributed by atoms with Crippen molar-refractivity contribution in [1.29, 1.82) is 0 Å². The highest BCUT2D eigenvalue weighted by molar-refractivity contribution is 5.79. The van der Waals surface area contributed by atoms with Crippen LogP contribution < -0.4 is 0 Å². The number of carboxylic acid groups (broad SMARTS) is 1. The first kappa shape index (κ1) is 11.6. The van der Waals surface area contributed by atoms with Crippen molar-refractivity contribution < 1.29 is 19.2 Å². The normalized spacial score (nSPS) is 20.2. The number of nitrogens with zero attached hydrogens (tertiary/aromatic N) is 2. The van der Waals surface area contributed by atoms with E-state index in [0.29, 0.717) is 25.2 Å². The molecular weight excluding hydrogens is 224 g/mol. The van der Waals surface area contributed by atoms with Crippen molar-refractivity contribution in [2.45, 2.75) is 19.3 Å². The third-order valence-corrected chi connectivity index (χ3v) is 2.95. The molecule has 1 unspecified atom stereocenters. The minimum Gasteiger partial charge on any atom is -0.481 e. The summed E-state index contributed by atoms with van der Waals surface area (Å²) in [6.45, 7) is 0.923. The third-order valence-electron chi connectivity index (χ3n) is 2.95. The number of carbonyl (C=O) groups is 2. The molecule has 1 aliphatic heterocycles. The zero-order chi connectivity index (χ0) is 12.3. The molecule has 2 heterocycles. The molecule has 0 saturated carbocycles. The molecule has 0 aliphatic carbocycles. The van der Waals surface area contributed by atoms with Crippen LogP contribution in [0.1, 0.15) is 18.5 Å². The number of rotatable bonds is 3. The molecule has 6 heteroatoms. The van der Waals surface area contributed by atoms with E-state index in [1.807, 2.05) is 0 Å². The van der Waals surface area contributed by atoms with Gasteiger partial charge in [0.15, 0.2) is 0 Å². The van der Waals surface area contributed by atoms with Gasteiger partial charge >= 0.3 is 5.97 Å². The lowest BCUT2D eigenvalue weighted by atomic mass is 9.98. The van der Waals surface area contributed by atoms with Crippen LogP contribution in [0.2, 0.25) is 0 Å². The Bertz CT molecular complexity index is 402. The van der Waals surface area contributed by atoms with E-state index in [-0.39, 0.29) is 12.3 Å². The summed E-state index contributed by atoms with van der Waals surface area (Å²) >= 11 is 0. The second kappa shape index (κ2) is 4.99. The van der Waals surface area contributed by atoms with Crippen LogP contribution in [0.15, 0.2) is 16.9 Å². The molecule has 1 aliphatic rings. The van der Waals surface area contributed by atoms with Gasteiger partial charge < -0.3 is 14.5 Å². The van der Waals surface area contributed by atoms with Crippen LogP contribution in [0.3, 0.4) is 0 Å². The Hall–Kier alpha value is -1.85. The average molecular weight is 238 g/mol. The van der Waals surface area contributed by atoms with E-state index < -0.39 is 11.9 Å². The minimum atomic E-state index is -0.830. The predicted molar refractivity (Wildman–Crippen MR) is 57.1 cm³/mol. The first-order valence-electron chi connectivity index (χ1n) is 5.56. The van der Waals surface area contributed by atoms with Gasteiger partial charge in [-0.25, -0.2) is 0 Å². The van der Waals surface area contributed by atoms with Gasteiger partial charge in [0.05, 0.1) is 18.0 Å². The van der Waals surface area contributed by atoms with Crippen molar-refractivity contribution in [3.63, 3.8) is 0 Å². The molecule has 0 aromatic carbocycles. The first-order valence-corrected chi connectivity index (χ1v) is 5.56. The zero-order valence-electron chi connectivity index (χ0n) is 9.33. The molecule has 1 aromatic rings. The fourth-order valence-corrected chi connectivity index (χ4v) is 2.00. The van der Waals surface area contributed by atoms with Crippen molar-refractivity contribution in [3.05, 3.63) is 18.0 Å². The Morgan fingerprint density at radius 2 is 2.41 bits per heavy atom. The van der Waals surface area contributed by atoms with Crippen molar-refractivity contribution in [3.8, 4) is 0 Å². The summed E-state index contributed by atoms with van der Waals surface area (Å²) in [5.41, 5.74) is 0.576. The van der Waals surface area contributed by atoms with Crippen LogP contribution in [-0.4, -0.2) is 40.1 Å². The van der Waals surface area contributed by atoms with E-state index in [0.717, 1.165) is 6.42 Å². The second-order valence-corrected chi connectivity index (χ2v) is 4.18. The topological polar surface area (TPSA) is 83.6 Å². The Balaban J connectivity index is 1.93. The number of carboxylic acids is 1. The van der Waals surface area contributed by atoms with Gasteiger partial charge in [-0.2, -0.15) is 0 Å². The number of hydrogen-bond acceptors (Lipinski definition) is 4. The summed E-state index contributed by atoms with van der Waals surface area (Å²) in [6.07, 6.45) is 2.96. The Morgan fingerprint density at radius 1 is 1.59 bits per heavy atom. The average Bonchev–Trinajstić information content (AvgIpc) is 2.82. The van der Waals surface area contributed by atoms with Crippen molar-refractivity contribution in [2.75, 3.05) is 13.1 Å². The summed E-state index contributed by atoms with van der Waals surface area (Å²) in [6, 6.07) is 1.64. The molecule has 1 amide bonds. The maximum absolute atomic E-state index is 11.9. The summed E-state index contributed by atoms with van der Waals surface area (Å²) in [5, 5.41) is 12.6. The Kier molecular flexibility index (Phi) is 3.41. The monoisotopic (exact) mass is 238 g/mol. The summed E-state index contributed by atoms with van der Waals surface area (Å²) in [4.78, 5) is 24.4. The number of aromatic nitrogens is 1. The van der Waals surface area contributed by atoms with Crippen LogP contribution in [0.4, 0.5) is 0 Å². The van der Waals surface area contributed by atoms with Gasteiger partial charge in [0, 0.05) is 19.2 Å². The summed E-state index contributed by atoms with van der Waals surface area (Å²) < 4.78 is 4.65. The molecule has 1 N–H and O–H groups in total. The minimum absolute atomic E-state index is 0.0927. The molecule has 1 aromatic heterocycles. The van der Waals surface area contributed by atoms with E-state index >= 15 is 0 Å². The first-order chi connectivity index (χ1) is 8.16. The molecule has 92 valence electrons. The molecule has 1 fully saturated rings. The number of piperidine rings is 1. The maximum atomic E-state index is 11.9. The SMILES string of the molecule is O=C(O)C1CCCN(C(=O)Cc2ccon2)C1. The molecule has 0 spiro atoms. The lowest BCUT2D eigenvalue weighted by molar-refractivity contribution is -0.145. The number of amides is 1. The fraction of sp³-hybridized carbons (Fsp3) is 0.545. The summed E-state index contributed by atoms with van der Waals surface area (Å²) in [7, 11) is 0. The molecule has 17 heavy (non-hydrogen) atoms. The fourth-order valence-electron chi connectivity index (χ4n) is 2.00. The zero-order valence-corrected chi connectivity index (χ0v) is 9.33. The van der Waals surface area contributed by atoms with E-state index in [1.54, 1.807) is 11.0 Å². The number of carbonyl (C=O) groups excluding carboxylic acids is 1. The highest BCUT2D eigenvalue weighted by Crippen LogP contribution is 2.17. The van der Waals surface area contributed by atoms with Gasteiger partial charge in [-0.05, 0) is 12.8 Å². The third kappa shape index (κ3) is 2.83. The highest BCUT2D eigenvalue weighted by Gasteiger charge is 2.28. The van der Waals surface area contributed by atoms with Crippen molar-refractivity contribution in [1.82, 2.24) is 10.1 Å². The molecule has 2 rings (SSSR count). The predicted octanol–water partition coefficient (Wildman–Crippen LogP) is 0.540. The van der Waals surface area contributed by atoms with E-state index in [2.05, 4.69) is 9.68 Å². The maximum Gasteiger partial charge on any atom is 0.308 e. The van der Waals surface area contributed by atoms with Gasteiger partial charge in [-0.15, -0.1) is 0 Å². The largest absolute Gasteiger partial charge is 0.481 e. The van der Waals surface area contributed by atoms with Crippen LogP contribution in [-0.2, 0) is 16.0 Å². The molecule has 0 bridgehead atoms. The van der Waals surface area contributed by atoms with Crippen LogP contribution in [0, 0.1) is 5.92 Å². The van der Waals surface area contributed by atoms with Gasteiger partial charge in [0.25, 0.3) is 0 Å². The van der Waals surface area contributed by atoms with Crippen LogP contribution >= 0.6 is 0 Å². The lowest BCUT2D eigenvalue weighted by Crippen LogP contribution is -2.43. The van der Waals surface area contributed by atoms with Crippen LogP contribution in [0.5, 0.6) is 0 Å². The van der Waals surface area contributed by atoms with Crippen LogP contribution in [0.25, 0.3) is 0 Å². The second-order valence-electron chi connectivity index (χ2n) is 4.18. The number of hydrogen-bond donors (Lipinski definition) is 1. The van der Waals surface area contributed by atoms with Gasteiger partial charge in [0.1, 0.15) is 6.26 Å². The van der Waals surface area contributed by atoms with Crippen molar-refractivity contribution >= 4 is 11.9 Å². The molecular formula is C11H14N2O4. The molecule has 0 radical (unpaired) electrons. The van der Waals surface area contributed by atoms with E-state index in [9.17, 15) is 9.59 Å². The van der Waals surface area contributed by atoms with E-state index in [1.165, 1.54) is 6.26 Å². The highest BCUT2D eigenvalue weighted by atomic mass is 16.5. The van der Waals surface area contributed by atoms with Gasteiger partial charge in [-0.3, -0.25) is 9.59 Å². The number of aliphatic carboxylic acids is 1. The standard InChI is InChI=1S/C11H14N2O4/c14-10(6-9-3-5-17-12-9)13-4-1-2-8(7-13)11(15)16/h3,5,8H,1-2,4,6-7H2,(H,15,16). The summed E-state index contributed by atoms with van der Waals surface area (Å²) in [5.74, 6) is -1.36. The lowest BCUT2D eigenvalue weighted by Gasteiger charge is -2.30. The number of likely N-dealkylation sites (tertiary alicyclic amines) is 1. The molecule has 1 atom stereocenters. The van der Waals surface area contributed by atoms with E-state index in [4.69, 9.17) is 5.11 Å².